The van der Waals surface area contributed by atoms with E-state index >= 15 is 0 Å². The van der Waals surface area contributed by atoms with Crippen LogP contribution in [0.5, 0.6) is 0 Å². The summed E-state index contributed by atoms with van der Waals surface area (Å²) in [4.78, 5) is 27.8. The molecule has 0 bridgehead atoms. The van der Waals surface area contributed by atoms with Gasteiger partial charge in [-0.15, -0.1) is 0 Å². The number of anilines is 2. The van der Waals surface area contributed by atoms with Crippen LogP contribution in [0.2, 0.25) is 0 Å². The van der Waals surface area contributed by atoms with Crippen molar-refractivity contribution in [2.75, 3.05) is 25.5 Å². The lowest BCUT2D eigenvalue weighted by molar-refractivity contribution is 0.0948. The molecule has 2 heterocycles. The molecule has 0 unspecified atom stereocenters. The molecule has 28 heavy (non-hydrogen) atoms. The second kappa shape index (κ2) is 9.20. The Hall–Kier alpha value is -3.10. The van der Waals surface area contributed by atoms with Crippen LogP contribution in [0.1, 0.15) is 43.4 Å². The lowest BCUT2D eigenvalue weighted by atomic mass is 10.1. The number of carbonyl (C=O) groups excluding carboxylic acids is 2. The summed E-state index contributed by atoms with van der Waals surface area (Å²) in [6.07, 6.45) is 0.626. The smallest absolute Gasteiger partial charge is 0.314 e. The van der Waals surface area contributed by atoms with Gasteiger partial charge in [-0.2, -0.15) is 5.10 Å². The molecule has 0 saturated heterocycles. The maximum absolute atomic E-state index is 12.3. The molecule has 0 radical (unpaired) electrons. The van der Waals surface area contributed by atoms with Gasteiger partial charge >= 0.3 is 6.03 Å². The molecule has 2 rings (SSSR count). The summed E-state index contributed by atoms with van der Waals surface area (Å²) in [7, 11) is 1.56. The van der Waals surface area contributed by atoms with E-state index in [0.29, 0.717) is 31.0 Å². The van der Waals surface area contributed by atoms with E-state index in [1.54, 1.807) is 25.2 Å². The van der Waals surface area contributed by atoms with Gasteiger partial charge in [0.15, 0.2) is 0 Å². The SMILES string of the molecule is CNC(=O)NCCCNC(=O)c1cccc(Nc2cc(C)nn2C(C)(C)C)n1. The van der Waals surface area contributed by atoms with Crippen LogP contribution in [-0.4, -0.2) is 46.8 Å². The largest absolute Gasteiger partial charge is 0.351 e. The van der Waals surface area contributed by atoms with Crippen molar-refractivity contribution in [1.82, 2.24) is 30.7 Å². The van der Waals surface area contributed by atoms with Crippen molar-refractivity contribution >= 4 is 23.6 Å². The van der Waals surface area contributed by atoms with Gasteiger partial charge in [0.1, 0.15) is 17.3 Å². The van der Waals surface area contributed by atoms with Crippen molar-refractivity contribution in [3.05, 3.63) is 35.7 Å². The Morgan fingerprint density at radius 1 is 1.14 bits per heavy atom. The minimum absolute atomic E-state index is 0.186. The van der Waals surface area contributed by atoms with Crippen LogP contribution >= 0.6 is 0 Å². The Labute approximate surface area is 165 Å². The molecular formula is C19H29N7O2. The molecule has 2 aromatic heterocycles. The van der Waals surface area contributed by atoms with Crippen LogP contribution in [0.3, 0.4) is 0 Å². The van der Waals surface area contributed by atoms with E-state index in [2.05, 4.69) is 52.1 Å². The second-order valence-electron chi connectivity index (χ2n) is 7.40. The van der Waals surface area contributed by atoms with Crippen molar-refractivity contribution in [3.8, 4) is 0 Å². The van der Waals surface area contributed by atoms with E-state index in [9.17, 15) is 9.59 Å². The third-order valence-electron chi connectivity index (χ3n) is 3.86. The van der Waals surface area contributed by atoms with Crippen molar-refractivity contribution in [2.24, 2.45) is 0 Å². The van der Waals surface area contributed by atoms with Gasteiger partial charge < -0.3 is 21.3 Å². The number of hydrogen-bond donors (Lipinski definition) is 4. The van der Waals surface area contributed by atoms with Gasteiger partial charge in [0.2, 0.25) is 0 Å². The first-order chi connectivity index (χ1) is 13.2. The van der Waals surface area contributed by atoms with Gasteiger partial charge in [0.05, 0.1) is 11.2 Å². The average Bonchev–Trinajstić information content (AvgIpc) is 3.01. The number of pyridine rings is 1. The van der Waals surface area contributed by atoms with E-state index in [0.717, 1.165) is 11.5 Å². The minimum atomic E-state index is -0.260. The van der Waals surface area contributed by atoms with Gasteiger partial charge in [-0.05, 0) is 46.2 Å². The van der Waals surface area contributed by atoms with Crippen LogP contribution < -0.4 is 21.3 Å². The molecule has 9 heteroatoms. The van der Waals surface area contributed by atoms with E-state index in [4.69, 9.17) is 0 Å². The zero-order chi connectivity index (χ0) is 20.7. The summed E-state index contributed by atoms with van der Waals surface area (Å²) in [6.45, 7) is 9.07. The standard InChI is InChI=1S/C19H29N7O2/c1-13-12-16(26(25-13)19(2,3)4)24-15-9-6-8-14(23-15)17(27)21-10-7-11-22-18(28)20-5/h6,8-9,12H,7,10-11H2,1-5H3,(H,21,27)(H,23,24)(H2,20,22,28). The summed E-state index contributed by atoms with van der Waals surface area (Å²) in [6, 6.07) is 6.95. The highest BCUT2D eigenvalue weighted by Gasteiger charge is 2.19. The highest BCUT2D eigenvalue weighted by Crippen LogP contribution is 2.23. The number of nitrogens with one attached hydrogen (secondary N) is 4. The van der Waals surface area contributed by atoms with Gasteiger partial charge in [0, 0.05) is 26.2 Å². The average molecular weight is 387 g/mol. The minimum Gasteiger partial charge on any atom is -0.351 e. The molecule has 0 aliphatic carbocycles. The van der Waals surface area contributed by atoms with Crippen LogP contribution in [0.4, 0.5) is 16.4 Å². The van der Waals surface area contributed by atoms with Gasteiger partial charge in [-0.1, -0.05) is 6.07 Å². The fraction of sp³-hybridized carbons (Fsp3) is 0.474. The Balaban J connectivity index is 1.97. The number of aryl methyl sites for hydroxylation is 1. The molecule has 152 valence electrons. The summed E-state index contributed by atoms with van der Waals surface area (Å²) < 4.78 is 1.90. The van der Waals surface area contributed by atoms with Crippen LogP contribution in [-0.2, 0) is 5.54 Å². The Morgan fingerprint density at radius 2 is 1.86 bits per heavy atom. The Bertz CT molecular complexity index is 824. The van der Waals surface area contributed by atoms with Crippen molar-refractivity contribution in [1.29, 1.82) is 0 Å². The molecule has 0 saturated carbocycles. The molecule has 9 nitrogen and oxygen atoms in total. The zero-order valence-corrected chi connectivity index (χ0v) is 17.1. The number of amides is 3. The van der Waals surface area contributed by atoms with E-state index in [-0.39, 0.29) is 17.5 Å². The molecule has 0 fully saturated rings. The number of rotatable bonds is 7. The third kappa shape index (κ3) is 5.97. The molecule has 2 aromatic rings. The number of hydrogen-bond acceptors (Lipinski definition) is 5. The summed E-state index contributed by atoms with van der Waals surface area (Å²) >= 11 is 0. The monoisotopic (exact) mass is 387 g/mol. The Kier molecular flexibility index (Phi) is 6.97. The molecule has 0 atom stereocenters. The predicted octanol–water partition coefficient (Wildman–Crippen LogP) is 2.13. The van der Waals surface area contributed by atoms with E-state index in [1.807, 2.05) is 17.7 Å². The lowest BCUT2D eigenvalue weighted by Gasteiger charge is -2.22. The van der Waals surface area contributed by atoms with Gasteiger partial charge in [-0.25, -0.2) is 14.5 Å². The number of nitrogens with zero attached hydrogens (tertiary/aromatic N) is 3. The third-order valence-corrected chi connectivity index (χ3v) is 3.86. The topological polar surface area (TPSA) is 113 Å². The van der Waals surface area contributed by atoms with Gasteiger partial charge in [0.25, 0.3) is 5.91 Å². The second-order valence-corrected chi connectivity index (χ2v) is 7.40. The molecule has 0 spiro atoms. The molecule has 4 N–H and O–H groups in total. The zero-order valence-electron chi connectivity index (χ0n) is 17.1. The van der Waals surface area contributed by atoms with Gasteiger partial charge in [-0.3, -0.25) is 4.79 Å². The normalized spacial score (nSPS) is 11.0. The Morgan fingerprint density at radius 3 is 2.54 bits per heavy atom. The first kappa shape index (κ1) is 21.2. The van der Waals surface area contributed by atoms with Crippen LogP contribution in [0.25, 0.3) is 0 Å². The van der Waals surface area contributed by atoms with Crippen LogP contribution in [0, 0.1) is 6.92 Å². The van der Waals surface area contributed by atoms with Crippen molar-refractivity contribution in [3.63, 3.8) is 0 Å². The number of carbonyl (C=O) groups is 2. The quantitative estimate of drug-likeness (QED) is 0.544. The fourth-order valence-electron chi connectivity index (χ4n) is 2.53. The number of aromatic nitrogens is 3. The number of urea groups is 1. The van der Waals surface area contributed by atoms with Crippen molar-refractivity contribution < 1.29 is 9.59 Å². The summed E-state index contributed by atoms with van der Waals surface area (Å²) in [5.74, 6) is 1.12. The predicted molar refractivity (Wildman–Crippen MR) is 109 cm³/mol. The highest BCUT2D eigenvalue weighted by atomic mass is 16.2. The first-order valence-corrected chi connectivity index (χ1v) is 9.25. The molecule has 0 aromatic carbocycles. The lowest BCUT2D eigenvalue weighted by Crippen LogP contribution is -2.35. The van der Waals surface area contributed by atoms with Crippen molar-refractivity contribution in [2.45, 2.75) is 39.7 Å². The molecule has 0 aliphatic heterocycles. The molecular weight excluding hydrogens is 358 g/mol. The highest BCUT2D eigenvalue weighted by molar-refractivity contribution is 5.92. The summed E-state index contributed by atoms with van der Waals surface area (Å²) in [5.41, 5.74) is 1.04. The molecule has 0 aliphatic rings. The molecule has 3 amide bonds. The van der Waals surface area contributed by atoms with E-state index in [1.165, 1.54) is 0 Å². The van der Waals surface area contributed by atoms with E-state index < -0.39 is 0 Å². The van der Waals surface area contributed by atoms with Crippen LogP contribution in [0.15, 0.2) is 24.3 Å². The first-order valence-electron chi connectivity index (χ1n) is 9.25. The summed E-state index contributed by atoms with van der Waals surface area (Å²) in [5, 5.41) is 15.7. The maximum atomic E-state index is 12.3. The maximum Gasteiger partial charge on any atom is 0.314 e. The fourth-order valence-corrected chi connectivity index (χ4v) is 2.53.